The number of nitrogens with zero attached hydrogens (tertiary/aromatic N) is 3. The van der Waals surface area contributed by atoms with Crippen LogP contribution in [0.1, 0.15) is 55.3 Å². The molecule has 0 radical (unpaired) electrons. The van der Waals surface area contributed by atoms with Crippen LogP contribution in [0.3, 0.4) is 0 Å². The minimum Gasteiger partial charge on any atom is -0.460 e. The first-order valence-corrected chi connectivity index (χ1v) is 7.51. The first kappa shape index (κ1) is 16.9. The molecule has 0 saturated heterocycles. The van der Waals surface area contributed by atoms with Crippen molar-refractivity contribution < 1.29 is 14.1 Å². The van der Waals surface area contributed by atoms with Gasteiger partial charge in [0.2, 0.25) is 5.82 Å². The van der Waals surface area contributed by atoms with E-state index in [0.717, 1.165) is 17.0 Å². The van der Waals surface area contributed by atoms with E-state index >= 15 is 0 Å². The minimum atomic E-state index is -0.528. The molecule has 23 heavy (non-hydrogen) atoms. The summed E-state index contributed by atoms with van der Waals surface area (Å²) in [4.78, 5) is 20.5. The molecular weight excluding hydrogens is 296 g/mol. The Labute approximate surface area is 135 Å². The highest BCUT2D eigenvalue weighted by atomic mass is 16.5. The zero-order valence-corrected chi connectivity index (χ0v) is 14.1. The lowest BCUT2D eigenvalue weighted by Gasteiger charge is -2.19. The number of carbonyl (C=O) groups is 1. The molecule has 2 rings (SSSR count). The van der Waals surface area contributed by atoms with Crippen LogP contribution in [0.5, 0.6) is 0 Å². The Morgan fingerprint density at radius 1 is 1.35 bits per heavy atom. The minimum absolute atomic E-state index is 0.0543. The van der Waals surface area contributed by atoms with Gasteiger partial charge in [-0.05, 0) is 13.8 Å². The summed E-state index contributed by atoms with van der Waals surface area (Å²) in [6.07, 6.45) is 1.58. The molecule has 0 bridgehead atoms. The van der Waals surface area contributed by atoms with Crippen molar-refractivity contribution in [1.82, 2.24) is 15.1 Å². The second kappa shape index (κ2) is 6.76. The molecule has 2 aromatic rings. The largest absolute Gasteiger partial charge is 0.460 e. The number of aryl methyl sites for hydroxylation is 1. The van der Waals surface area contributed by atoms with Crippen LogP contribution in [0.2, 0.25) is 0 Å². The van der Waals surface area contributed by atoms with Gasteiger partial charge in [-0.25, -0.2) is 14.8 Å². The van der Waals surface area contributed by atoms with Crippen molar-refractivity contribution in [1.29, 1.82) is 0 Å². The Hall–Kier alpha value is -2.44. The molecular formula is C16H22N4O3. The smallest absolute Gasteiger partial charge is 0.376 e. The van der Waals surface area contributed by atoms with Crippen LogP contribution in [-0.2, 0) is 16.7 Å². The lowest BCUT2D eigenvalue weighted by atomic mass is 9.92. The maximum Gasteiger partial charge on any atom is 0.376 e. The topological polar surface area (TPSA) is 90.1 Å². The molecule has 124 valence electrons. The third-order valence-electron chi connectivity index (χ3n) is 3.24. The second-order valence-electron chi connectivity index (χ2n) is 6.23. The van der Waals surface area contributed by atoms with Crippen LogP contribution in [-0.4, -0.2) is 27.7 Å². The SMILES string of the molecule is CCOC(=O)c1nc(NCc2nocc2C)cc(C(C)(C)C)n1. The van der Waals surface area contributed by atoms with Gasteiger partial charge >= 0.3 is 5.97 Å². The predicted molar refractivity (Wildman–Crippen MR) is 85.3 cm³/mol. The van der Waals surface area contributed by atoms with Gasteiger partial charge in [-0.2, -0.15) is 0 Å². The Kier molecular flexibility index (Phi) is 4.98. The third-order valence-corrected chi connectivity index (χ3v) is 3.24. The van der Waals surface area contributed by atoms with Crippen molar-refractivity contribution in [3.8, 4) is 0 Å². The van der Waals surface area contributed by atoms with Crippen molar-refractivity contribution in [3.05, 3.63) is 35.1 Å². The zero-order valence-electron chi connectivity index (χ0n) is 14.1. The van der Waals surface area contributed by atoms with E-state index in [-0.39, 0.29) is 17.8 Å². The molecule has 2 heterocycles. The lowest BCUT2D eigenvalue weighted by molar-refractivity contribution is 0.0511. The van der Waals surface area contributed by atoms with Gasteiger partial charge in [-0.1, -0.05) is 25.9 Å². The fourth-order valence-corrected chi connectivity index (χ4v) is 1.86. The molecule has 0 amide bonds. The van der Waals surface area contributed by atoms with Gasteiger partial charge < -0.3 is 14.6 Å². The highest BCUT2D eigenvalue weighted by Gasteiger charge is 2.21. The molecule has 0 atom stereocenters. The number of hydrogen-bond acceptors (Lipinski definition) is 7. The van der Waals surface area contributed by atoms with Gasteiger partial charge in [0, 0.05) is 17.0 Å². The number of nitrogens with one attached hydrogen (secondary N) is 1. The van der Waals surface area contributed by atoms with E-state index in [1.807, 2.05) is 33.8 Å². The number of anilines is 1. The normalized spacial score (nSPS) is 11.3. The van der Waals surface area contributed by atoms with Crippen molar-refractivity contribution in [2.24, 2.45) is 0 Å². The Morgan fingerprint density at radius 2 is 2.09 bits per heavy atom. The summed E-state index contributed by atoms with van der Waals surface area (Å²) in [5.41, 5.74) is 2.28. The highest BCUT2D eigenvalue weighted by molar-refractivity contribution is 5.85. The second-order valence-corrected chi connectivity index (χ2v) is 6.23. The molecule has 0 spiro atoms. The molecule has 2 aromatic heterocycles. The van der Waals surface area contributed by atoms with Crippen LogP contribution in [0, 0.1) is 6.92 Å². The van der Waals surface area contributed by atoms with Crippen LogP contribution in [0.15, 0.2) is 16.9 Å². The fraction of sp³-hybridized carbons (Fsp3) is 0.500. The van der Waals surface area contributed by atoms with Gasteiger partial charge in [0.05, 0.1) is 18.8 Å². The summed E-state index contributed by atoms with van der Waals surface area (Å²) in [6.45, 7) is 10.5. The zero-order chi connectivity index (χ0) is 17.0. The van der Waals surface area contributed by atoms with Gasteiger partial charge in [0.15, 0.2) is 0 Å². The van der Waals surface area contributed by atoms with E-state index in [2.05, 4.69) is 20.4 Å². The molecule has 0 unspecified atom stereocenters. The van der Waals surface area contributed by atoms with Crippen molar-refractivity contribution in [3.63, 3.8) is 0 Å². The molecule has 0 aliphatic heterocycles. The Bertz CT molecular complexity index is 689. The third kappa shape index (κ3) is 4.28. The van der Waals surface area contributed by atoms with E-state index < -0.39 is 5.97 Å². The highest BCUT2D eigenvalue weighted by Crippen LogP contribution is 2.23. The van der Waals surface area contributed by atoms with Gasteiger partial charge in [-0.15, -0.1) is 0 Å². The number of aromatic nitrogens is 3. The van der Waals surface area contributed by atoms with Crippen molar-refractivity contribution in [2.45, 2.75) is 46.6 Å². The van der Waals surface area contributed by atoms with Gasteiger partial charge in [0.25, 0.3) is 0 Å². The molecule has 7 nitrogen and oxygen atoms in total. The first-order chi connectivity index (χ1) is 10.8. The molecule has 0 aromatic carbocycles. The summed E-state index contributed by atoms with van der Waals surface area (Å²) in [6, 6.07) is 1.83. The molecule has 0 fully saturated rings. The quantitative estimate of drug-likeness (QED) is 0.848. The van der Waals surface area contributed by atoms with Crippen molar-refractivity contribution >= 4 is 11.8 Å². The molecule has 1 N–H and O–H groups in total. The van der Waals surface area contributed by atoms with E-state index in [9.17, 15) is 4.79 Å². The van der Waals surface area contributed by atoms with Gasteiger partial charge in [0.1, 0.15) is 17.8 Å². The monoisotopic (exact) mass is 318 g/mol. The van der Waals surface area contributed by atoms with E-state index in [4.69, 9.17) is 9.26 Å². The maximum atomic E-state index is 12.0. The van der Waals surface area contributed by atoms with E-state index in [0.29, 0.717) is 12.4 Å². The summed E-state index contributed by atoms with van der Waals surface area (Å²) in [5.74, 6) is 0.0771. The van der Waals surface area contributed by atoms with Gasteiger partial charge in [-0.3, -0.25) is 0 Å². The van der Waals surface area contributed by atoms with Crippen LogP contribution >= 0.6 is 0 Å². The Morgan fingerprint density at radius 3 is 2.65 bits per heavy atom. The number of rotatable bonds is 5. The maximum absolute atomic E-state index is 12.0. The average molecular weight is 318 g/mol. The van der Waals surface area contributed by atoms with Crippen molar-refractivity contribution in [2.75, 3.05) is 11.9 Å². The molecule has 0 aliphatic carbocycles. The summed E-state index contributed by atoms with van der Waals surface area (Å²) < 4.78 is 9.91. The summed E-state index contributed by atoms with van der Waals surface area (Å²) >= 11 is 0. The van der Waals surface area contributed by atoms with Crippen LogP contribution < -0.4 is 5.32 Å². The molecule has 0 aliphatic rings. The van der Waals surface area contributed by atoms with E-state index in [1.165, 1.54) is 0 Å². The van der Waals surface area contributed by atoms with Crippen LogP contribution in [0.4, 0.5) is 5.82 Å². The average Bonchev–Trinajstić information content (AvgIpc) is 2.89. The van der Waals surface area contributed by atoms with E-state index in [1.54, 1.807) is 13.2 Å². The first-order valence-electron chi connectivity index (χ1n) is 7.51. The number of carbonyl (C=O) groups excluding carboxylic acids is 1. The lowest BCUT2D eigenvalue weighted by Crippen LogP contribution is -2.19. The fourth-order valence-electron chi connectivity index (χ4n) is 1.86. The molecule has 7 heteroatoms. The number of hydrogen-bond donors (Lipinski definition) is 1. The number of ether oxygens (including phenoxy) is 1. The molecule has 0 saturated carbocycles. The summed E-state index contributed by atoms with van der Waals surface area (Å²) in [5, 5.41) is 7.07. The Balaban J connectivity index is 2.28. The summed E-state index contributed by atoms with van der Waals surface area (Å²) in [7, 11) is 0. The number of esters is 1. The standard InChI is InChI=1S/C16H22N4O3/c1-6-22-15(21)14-18-12(16(3,4)5)7-13(19-14)17-8-11-10(2)9-23-20-11/h7,9H,6,8H2,1-5H3,(H,17,18,19). The predicted octanol–water partition coefficient (Wildman–Crippen LogP) is 2.86. The van der Waals surface area contributed by atoms with Crippen LogP contribution in [0.25, 0.3) is 0 Å².